The minimum atomic E-state index is -3.88. The van der Waals surface area contributed by atoms with Crippen molar-refractivity contribution in [2.45, 2.75) is 17.9 Å². The van der Waals surface area contributed by atoms with Gasteiger partial charge in [-0.2, -0.15) is 0 Å². The third-order valence-corrected chi connectivity index (χ3v) is 8.54. The Bertz CT molecular complexity index is 1730. The standard InChI is InChI=1S/C33H30N4O3S/c38-33-31(29-22-28(18-19-30(29)35-33)41(39,40)36-27-12-6-2-7-13-27)32(25-10-4-1-5-11-25)34-26-16-14-24(15-17-26)23-37-20-8-3-9-21-37/h1-8,10-19,22,34,36H,9,20-21,23H2,(H,35,38)/b32-31-. The van der Waals surface area contributed by atoms with E-state index in [2.05, 4.69) is 44.5 Å². The number of nitrogens with zero attached hydrogens (tertiary/aromatic N) is 1. The predicted molar refractivity (Wildman–Crippen MR) is 165 cm³/mol. The number of amides is 1. The molecule has 3 N–H and O–H groups in total. The number of benzene rings is 4. The van der Waals surface area contributed by atoms with Gasteiger partial charge < -0.3 is 10.6 Å². The van der Waals surface area contributed by atoms with E-state index in [0.717, 1.165) is 37.3 Å². The minimum absolute atomic E-state index is 0.0680. The van der Waals surface area contributed by atoms with E-state index in [1.807, 2.05) is 48.5 Å². The first-order valence-electron chi connectivity index (χ1n) is 13.5. The van der Waals surface area contributed by atoms with Gasteiger partial charge in [0.1, 0.15) is 0 Å². The molecule has 2 aliphatic heterocycles. The molecule has 2 aliphatic rings. The van der Waals surface area contributed by atoms with Crippen LogP contribution < -0.4 is 15.4 Å². The molecular weight excluding hydrogens is 532 g/mol. The van der Waals surface area contributed by atoms with E-state index < -0.39 is 10.0 Å². The molecule has 0 saturated carbocycles. The molecule has 4 aromatic carbocycles. The van der Waals surface area contributed by atoms with Crippen molar-refractivity contribution >= 4 is 44.3 Å². The number of nitrogens with one attached hydrogen (secondary N) is 3. The zero-order valence-electron chi connectivity index (χ0n) is 22.4. The molecule has 0 bridgehead atoms. The van der Waals surface area contributed by atoms with Crippen LogP contribution in [0.4, 0.5) is 17.1 Å². The van der Waals surface area contributed by atoms with Crippen LogP contribution in [-0.2, 0) is 21.4 Å². The molecule has 6 rings (SSSR count). The van der Waals surface area contributed by atoms with E-state index in [0.29, 0.717) is 28.2 Å². The SMILES string of the molecule is O=C1Nc2ccc(S(=O)(=O)Nc3ccccc3)cc2/C1=C(/Nc1ccc(CN2CC=CCC2)cc1)c1ccccc1. The van der Waals surface area contributed by atoms with Gasteiger partial charge in [0.2, 0.25) is 0 Å². The third-order valence-electron chi connectivity index (χ3n) is 7.16. The van der Waals surface area contributed by atoms with Crippen LogP contribution in [0.25, 0.3) is 11.3 Å². The lowest BCUT2D eigenvalue weighted by atomic mass is 10.00. The normalized spacial score (nSPS) is 16.1. The van der Waals surface area contributed by atoms with Gasteiger partial charge in [0.25, 0.3) is 15.9 Å². The lowest BCUT2D eigenvalue weighted by molar-refractivity contribution is -0.110. The van der Waals surface area contributed by atoms with E-state index in [9.17, 15) is 13.2 Å². The molecule has 0 fully saturated rings. The first kappa shape index (κ1) is 26.6. The van der Waals surface area contributed by atoms with Gasteiger partial charge in [0.15, 0.2) is 0 Å². The minimum Gasteiger partial charge on any atom is -0.354 e. The molecule has 0 aromatic heterocycles. The van der Waals surface area contributed by atoms with Crippen molar-refractivity contribution in [1.29, 1.82) is 0 Å². The van der Waals surface area contributed by atoms with Crippen molar-refractivity contribution in [1.82, 2.24) is 4.90 Å². The van der Waals surface area contributed by atoms with Gasteiger partial charge in [0, 0.05) is 42.3 Å². The molecule has 8 heteroatoms. The average molecular weight is 563 g/mol. The Labute approximate surface area is 240 Å². The van der Waals surface area contributed by atoms with Crippen LogP contribution in [-0.4, -0.2) is 32.3 Å². The zero-order chi connectivity index (χ0) is 28.2. The summed E-state index contributed by atoms with van der Waals surface area (Å²) >= 11 is 0. The number of hydrogen-bond acceptors (Lipinski definition) is 5. The molecule has 41 heavy (non-hydrogen) atoms. The van der Waals surface area contributed by atoms with Crippen LogP contribution in [0.5, 0.6) is 0 Å². The number of rotatable bonds is 8. The molecule has 0 spiro atoms. The van der Waals surface area contributed by atoms with Crippen molar-refractivity contribution in [3.8, 4) is 0 Å². The molecule has 0 aliphatic carbocycles. The van der Waals surface area contributed by atoms with Crippen LogP contribution in [0.3, 0.4) is 0 Å². The Morgan fingerprint density at radius 1 is 0.829 bits per heavy atom. The van der Waals surface area contributed by atoms with Gasteiger partial charge in [-0.1, -0.05) is 72.8 Å². The number of hydrogen-bond donors (Lipinski definition) is 3. The van der Waals surface area contributed by atoms with E-state index in [1.165, 1.54) is 11.6 Å². The number of fused-ring (bicyclic) bond motifs is 1. The Morgan fingerprint density at radius 2 is 1.56 bits per heavy atom. The maximum atomic E-state index is 13.4. The van der Waals surface area contributed by atoms with E-state index >= 15 is 0 Å². The van der Waals surface area contributed by atoms with E-state index in [4.69, 9.17) is 0 Å². The predicted octanol–water partition coefficient (Wildman–Crippen LogP) is 6.18. The smallest absolute Gasteiger partial charge is 0.261 e. The van der Waals surface area contributed by atoms with Crippen molar-refractivity contribution in [3.63, 3.8) is 0 Å². The highest BCUT2D eigenvalue weighted by Gasteiger charge is 2.30. The van der Waals surface area contributed by atoms with Crippen LogP contribution in [0.2, 0.25) is 0 Å². The molecule has 7 nitrogen and oxygen atoms in total. The van der Waals surface area contributed by atoms with Crippen LogP contribution in [0.1, 0.15) is 23.1 Å². The lowest BCUT2D eigenvalue weighted by Crippen LogP contribution is -2.26. The van der Waals surface area contributed by atoms with Crippen molar-refractivity contribution in [3.05, 3.63) is 132 Å². The van der Waals surface area contributed by atoms with Gasteiger partial charge in [0.05, 0.1) is 16.2 Å². The summed E-state index contributed by atoms with van der Waals surface area (Å²) in [5.41, 5.74) is 5.37. The van der Waals surface area contributed by atoms with Crippen LogP contribution in [0, 0.1) is 0 Å². The van der Waals surface area contributed by atoms with Gasteiger partial charge in [-0.3, -0.25) is 14.4 Å². The summed E-state index contributed by atoms with van der Waals surface area (Å²) in [5.74, 6) is -0.299. The summed E-state index contributed by atoms with van der Waals surface area (Å²) in [4.78, 5) is 15.8. The topological polar surface area (TPSA) is 90.5 Å². The first-order valence-corrected chi connectivity index (χ1v) is 15.0. The van der Waals surface area contributed by atoms with Crippen molar-refractivity contribution in [2.24, 2.45) is 0 Å². The van der Waals surface area contributed by atoms with Gasteiger partial charge in [-0.15, -0.1) is 0 Å². The third kappa shape index (κ3) is 5.94. The lowest BCUT2D eigenvalue weighted by Gasteiger charge is -2.23. The molecule has 4 aromatic rings. The van der Waals surface area contributed by atoms with Gasteiger partial charge in [-0.25, -0.2) is 8.42 Å². The summed E-state index contributed by atoms with van der Waals surface area (Å²) in [7, 11) is -3.88. The van der Waals surface area contributed by atoms with Gasteiger partial charge >= 0.3 is 0 Å². The second kappa shape index (κ2) is 11.4. The number of carbonyl (C=O) groups is 1. The van der Waals surface area contributed by atoms with Crippen LogP contribution >= 0.6 is 0 Å². The Hall–Kier alpha value is -4.66. The highest BCUT2D eigenvalue weighted by atomic mass is 32.2. The Kier molecular flexibility index (Phi) is 7.41. The number of sulfonamides is 1. The summed E-state index contributed by atoms with van der Waals surface area (Å²) in [6.07, 6.45) is 5.50. The fourth-order valence-corrected chi connectivity index (χ4v) is 6.18. The number of para-hydroxylation sites is 1. The zero-order valence-corrected chi connectivity index (χ0v) is 23.2. The molecule has 0 atom stereocenters. The second-order valence-electron chi connectivity index (χ2n) is 10.1. The summed E-state index contributed by atoms with van der Waals surface area (Å²) in [6, 6.07) is 31.2. The maximum Gasteiger partial charge on any atom is 0.261 e. The van der Waals surface area contributed by atoms with Crippen LogP contribution in [0.15, 0.2) is 120 Å². The average Bonchev–Trinajstić information content (AvgIpc) is 3.33. The highest BCUT2D eigenvalue weighted by molar-refractivity contribution is 7.92. The fourth-order valence-electron chi connectivity index (χ4n) is 5.10. The maximum absolute atomic E-state index is 13.4. The highest BCUT2D eigenvalue weighted by Crippen LogP contribution is 2.39. The van der Waals surface area contributed by atoms with Gasteiger partial charge in [-0.05, 0) is 60.0 Å². The summed E-state index contributed by atoms with van der Waals surface area (Å²) in [6.45, 7) is 2.88. The molecule has 206 valence electrons. The molecule has 1 amide bonds. The molecule has 2 heterocycles. The Morgan fingerprint density at radius 3 is 2.27 bits per heavy atom. The summed E-state index contributed by atoms with van der Waals surface area (Å²) < 4.78 is 29.1. The summed E-state index contributed by atoms with van der Waals surface area (Å²) in [5, 5.41) is 6.37. The second-order valence-corrected chi connectivity index (χ2v) is 11.7. The number of anilines is 3. The Balaban J connectivity index is 1.36. The first-order chi connectivity index (χ1) is 20.0. The molecule has 0 saturated heterocycles. The van der Waals surface area contributed by atoms with E-state index in [-0.39, 0.29) is 10.8 Å². The van der Waals surface area contributed by atoms with Crippen molar-refractivity contribution < 1.29 is 13.2 Å². The van der Waals surface area contributed by atoms with Crippen molar-refractivity contribution in [2.75, 3.05) is 28.4 Å². The van der Waals surface area contributed by atoms with E-state index in [1.54, 1.807) is 36.4 Å². The molecule has 0 unspecified atom stereocenters. The number of carbonyl (C=O) groups excluding carboxylic acids is 1. The fraction of sp³-hybridized carbons (Fsp3) is 0.121. The largest absolute Gasteiger partial charge is 0.354 e. The molecular formula is C33H30N4O3S. The molecule has 0 radical (unpaired) electrons. The quantitative estimate of drug-likeness (QED) is 0.176. The monoisotopic (exact) mass is 562 g/mol.